The summed E-state index contributed by atoms with van der Waals surface area (Å²) in [7, 11) is 0. The average Bonchev–Trinajstić information content (AvgIpc) is 3.19. The van der Waals surface area contributed by atoms with Gasteiger partial charge in [0.2, 0.25) is 12.7 Å². The van der Waals surface area contributed by atoms with Crippen molar-refractivity contribution in [3.05, 3.63) is 29.3 Å². The molecule has 2 N–H and O–H groups in total. The van der Waals surface area contributed by atoms with E-state index in [9.17, 15) is 9.59 Å². The lowest BCUT2D eigenvalue weighted by molar-refractivity contribution is -0.137. The molecule has 1 aliphatic heterocycles. The molecule has 3 rings (SSSR count). The van der Waals surface area contributed by atoms with E-state index < -0.39 is 5.97 Å². The minimum atomic E-state index is -0.864. The lowest BCUT2D eigenvalue weighted by atomic mass is 10.2. The molecule has 126 valence electrons. The number of aliphatic carboxylic acids is 1. The summed E-state index contributed by atoms with van der Waals surface area (Å²) in [4.78, 5) is 26.7. The summed E-state index contributed by atoms with van der Waals surface area (Å²) in [5.41, 5.74) is 1.60. The maximum absolute atomic E-state index is 11.8. The zero-order valence-electron chi connectivity index (χ0n) is 12.8. The highest BCUT2D eigenvalue weighted by Gasteiger charge is 2.15. The number of nitrogens with one attached hydrogen (secondary N) is 1. The Bertz CT molecular complexity index is 759. The second-order valence-electron chi connectivity index (χ2n) is 5.24. The van der Waals surface area contributed by atoms with Crippen molar-refractivity contribution in [1.29, 1.82) is 0 Å². The number of fused-ring (bicyclic) bond motifs is 1. The molecule has 0 saturated heterocycles. The van der Waals surface area contributed by atoms with Crippen molar-refractivity contribution < 1.29 is 24.2 Å². The summed E-state index contributed by atoms with van der Waals surface area (Å²) < 4.78 is 10.6. The van der Waals surface area contributed by atoms with Crippen LogP contribution in [0.3, 0.4) is 0 Å². The van der Waals surface area contributed by atoms with Crippen molar-refractivity contribution in [3.63, 3.8) is 0 Å². The number of ether oxygens (including phenoxy) is 2. The van der Waals surface area contributed by atoms with E-state index in [4.69, 9.17) is 14.6 Å². The summed E-state index contributed by atoms with van der Waals surface area (Å²) in [5.74, 6) is 0.386. The maximum atomic E-state index is 11.8. The second-order valence-corrected chi connectivity index (χ2v) is 6.09. The van der Waals surface area contributed by atoms with E-state index in [0.29, 0.717) is 24.4 Å². The van der Waals surface area contributed by atoms with Crippen LogP contribution in [0.5, 0.6) is 11.5 Å². The Balaban J connectivity index is 1.55. The Kier molecular flexibility index (Phi) is 4.95. The number of carbonyl (C=O) groups excluding carboxylic acids is 1. The number of hydrogen-bond acceptors (Lipinski definition) is 6. The van der Waals surface area contributed by atoms with Gasteiger partial charge in [0.15, 0.2) is 11.5 Å². The van der Waals surface area contributed by atoms with E-state index in [1.807, 2.05) is 23.6 Å². The van der Waals surface area contributed by atoms with Gasteiger partial charge in [-0.3, -0.25) is 9.59 Å². The Labute approximate surface area is 142 Å². The average molecular weight is 348 g/mol. The first kappa shape index (κ1) is 16.3. The van der Waals surface area contributed by atoms with Crippen molar-refractivity contribution in [2.45, 2.75) is 19.3 Å². The highest BCUT2D eigenvalue weighted by Crippen LogP contribution is 2.36. The van der Waals surface area contributed by atoms with E-state index in [2.05, 4.69) is 10.3 Å². The van der Waals surface area contributed by atoms with Gasteiger partial charge < -0.3 is 19.9 Å². The minimum absolute atomic E-state index is 0.0469. The number of hydrogen-bond donors (Lipinski definition) is 2. The topological polar surface area (TPSA) is 97.8 Å². The van der Waals surface area contributed by atoms with Crippen LogP contribution in [-0.4, -0.2) is 35.3 Å². The zero-order valence-corrected chi connectivity index (χ0v) is 13.6. The highest BCUT2D eigenvalue weighted by molar-refractivity contribution is 7.13. The Hall–Kier alpha value is -2.61. The summed E-state index contributed by atoms with van der Waals surface area (Å²) in [6.07, 6.45) is 0.639. The van der Waals surface area contributed by atoms with Crippen LogP contribution in [0.2, 0.25) is 0 Å². The van der Waals surface area contributed by atoms with Gasteiger partial charge in [-0.15, -0.1) is 11.3 Å². The third-order valence-corrected chi connectivity index (χ3v) is 4.34. The third-order valence-electron chi connectivity index (χ3n) is 3.40. The van der Waals surface area contributed by atoms with Gasteiger partial charge in [0.05, 0.1) is 12.1 Å². The fraction of sp³-hybridized carbons (Fsp3) is 0.312. The van der Waals surface area contributed by atoms with Crippen LogP contribution >= 0.6 is 11.3 Å². The smallest absolute Gasteiger partial charge is 0.303 e. The number of carbonyl (C=O) groups is 2. The van der Waals surface area contributed by atoms with Crippen molar-refractivity contribution in [2.75, 3.05) is 13.3 Å². The van der Waals surface area contributed by atoms with Crippen LogP contribution in [0, 0.1) is 0 Å². The molecule has 1 aromatic heterocycles. The highest BCUT2D eigenvalue weighted by atomic mass is 32.1. The van der Waals surface area contributed by atoms with Gasteiger partial charge in [-0.2, -0.15) is 0 Å². The monoisotopic (exact) mass is 348 g/mol. The predicted molar refractivity (Wildman–Crippen MR) is 87.3 cm³/mol. The van der Waals surface area contributed by atoms with Crippen LogP contribution in [0.4, 0.5) is 0 Å². The molecule has 0 bridgehead atoms. The van der Waals surface area contributed by atoms with Crippen LogP contribution in [0.15, 0.2) is 23.6 Å². The molecule has 0 fully saturated rings. The molecule has 0 radical (unpaired) electrons. The molecule has 24 heavy (non-hydrogen) atoms. The molecule has 8 heteroatoms. The second kappa shape index (κ2) is 7.31. The van der Waals surface area contributed by atoms with Gasteiger partial charge in [0.25, 0.3) is 0 Å². The van der Waals surface area contributed by atoms with Crippen molar-refractivity contribution in [2.24, 2.45) is 0 Å². The molecule has 0 atom stereocenters. The fourth-order valence-corrected chi connectivity index (χ4v) is 3.06. The SMILES string of the molecule is O=C(O)CCCNC(=O)Cc1csc(-c2ccc3c(c2)OCO3)n1. The van der Waals surface area contributed by atoms with E-state index in [-0.39, 0.29) is 25.5 Å². The van der Waals surface area contributed by atoms with Gasteiger partial charge in [-0.05, 0) is 24.6 Å². The van der Waals surface area contributed by atoms with Gasteiger partial charge in [-0.25, -0.2) is 4.98 Å². The van der Waals surface area contributed by atoms with Gasteiger partial charge in [0, 0.05) is 23.9 Å². The lowest BCUT2D eigenvalue weighted by Crippen LogP contribution is -2.26. The largest absolute Gasteiger partial charge is 0.481 e. The Morgan fingerprint density at radius 2 is 2.12 bits per heavy atom. The summed E-state index contributed by atoms with van der Waals surface area (Å²) in [6, 6.07) is 5.62. The Morgan fingerprint density at radius 3 is 2.96 bits per heavy atom. The first-order chi connectivity index (χ1) is 11.6. The normalized spacial score (nSPS) is 12.2. The molecule has 2 heterocycles. The molecule has 0 spiro atoms. The first-order valence-electron chi connectivity index (χ1n) is 7.45. The maximum Gasteiger partial charge on any atom is 0.303 e. The number of thiazole rings is 1. The molecule has 0 aliphatic carbocycles. The standard InChI is InChI=1S/C16H16N2O5S/c19-14(17-5-1-2-15(20)21)7-11-8-24-16(18-11)10-3-4-12-13(6-10)23-9-22-12/h3-4,6,8H,1-2,5,7,9H2,(H,17,19)(H,20,21). The number of carboxylic acid groups (broad SMARTS) is 1. The summed E-state index contributed by atoms with van der Waals surface area (Å²) >= 11 is 1.46. The molecule has 1 aliphatic rings. The third kappa shape index (κ3) is 4.02. The molecule has 7 nitrogen and oxygen atoms in total. The van der Waals surface area contributed by atoms with E-state index in [1.165, 1.54) is 11.3 Å². The lowest BCUT2D eigenvalue weighted by Gasteiger charge is -2.02. The number of aromatic nitrogens is 1. The van der Waals surface area contributed by atoms with Crippen molar-refractivity contribution >= 4 is 23.2 Å². The fourth-order valence-electron chi connectivity index (χ4n) is 2.24. The number of rotatable bonds is 7. The van der Waals surface area contributed by atoms with E-state index in [1.54, 1.807) is 0 Å². The van der Waals surface area contributed by atoms with Crippen molar-refractivity contribution in [3.8, 4) is 22.1 Å². The Morgan fingerprint density at radius 1 is 1.29 bits per heavy atom. The molecule has 1 aromatic carbocycles. The quantitative estimate of drug-likeness (QED) is 0.743. The molecular weight excluding hydrogens is 332 g/mol. The molecule has 0 unspecified atom stereocenters. The number of carboxylic acids is 1. The van der Waals surface area contributed by atoms with Gasteiger partial charge >= 0.3 is 5.97 Å². The number of benzene rings is 1. The summed E-state index contributed by atoms with van der Waals surface area (Å²) in [6.45, 7) is 0.578. The zero-order chi connectivity index (χ0) is 16.9. The first-order valence-corrected chi connectivity index (χ1v) is 8.33. The summed E-state index contributed by atoms with van der Waals surface area (Å²) in [5, 5.41) is 13.9. The van der Waals surface area contributed by atoms with Crippen LogP contribution in [0.25, 0.3) is 10.6 Å². The predicted octanol–water partition coefficient (Wildman–Crippen LogP) is 2.06. The number of nitrogens with zero attached hydrogens (tertiary/aromatic N) is 1. The van der Waals surface area contributed by atoms with Crippen LogP contribution in [-0.2, 0) is 16.0 Å². The van der Waals surface area contributed by atoms with Crippen LogP contribution in [0.1, 0.15) is 18.5 Å². The molecule has 1 amide bonds. The molecule has 2 aromatic rings. The van der Waals surface area contributed by atoms with Gasteiger partial charge in [0.1, 0.15) is 5.01 Å². The van der Waals surface area contributed by atoms with E-state index >= 15 is 0 Å². The number of amides is 1. The molecular formula is C16H16N2O5S. The van der Waals surface area contributed by atoms with Crippen LogP contribution < -0.4 is 14.8 Å². The van der Waals surface area contributed by atoms with Gasteiger partial charge in [-0.1, -0.05) is 0 Å². The molecule has 0 saturated carbocycles. The van der Waals surface area contributed by atoms with E-state index in [0.717, 1.165) is 16.3 Å². The minimum Gasteiger partial charge on any atom is -0.481 e. The van der Waals surface area contributed by atoms with Crippen molar-refractivity contribution in [1.82, 2.24) is 10.3 Å².